The number of pyridine rings is 1. The standard InChI is InChI=1S/C12H18FN3/c1-4-6-16(5-2)12-10(8-14-3)7-11(13)9-15-12/h4,7,9,14H,1,5-6,8H2,2-3H3. The lowest BCUT2D eigenvalue weighted by Gasteiger charge is -2.22. The van der Waals surface area contributed by atoms with Crippen molar-refractivity contribution in [2.75, 3.05) is 25.0 Å². The second-order valence-electron chi connectivity index (χ2n) is 3.49. The van der Waals surface area contributed by atoms with Gasteiger partial charge in [0.25, 0.3) is 0 Å². The van der Waals surface area contributed by atoms with Crippen LogP contribution < -0.4 is 10.2 Å². The van der Waals surface area contributed by atoms with Crippen LogP contribution >= 0.6 is 0 Å². The molecule has 0 aromatic carbocycles. The van der Waals surface area contributed by atoms with Gasteiger partial charge in [0, 0.05) is 25.2 Å². The number of rotatable bonds is 6. The molecule has 3 nitrogen and oxygen atoms in total. The summed E-state index contributed by atoms with van der Waals surface area (Å²) in [7, 11) is 1.83. The monoisotopic (exact) mass is 223 g/mol. The lowest BCUT2D eigenvalue weighted by molar-refractivity contribution is 0.615. The van der Waals surface area contributed by atoms with Crippen LogP contribution in [0.5, 0.6) is 0 Å². The molecule has 0 fully saturated rings. The van der Waals surface area contributed by atoms with Gasteiger partial charge in [0.05, 0.1) is 6.20 Å². The number of aromatic nitrogens is 1. The van der Waals surface area contributed by atoms with E-state index >= 15 is 0 Å². The molecule has 16 heavy (non-hydrogen) atoms. The molecule has 1 heterocycles. The molecular weight excluding hydrogens is 205 g/mol. The van der Waals surface area contributed by atoms with Gasteiger partial charge in [-0.1, -0.05) is 6.08 Å². The van der Waals surface area contributed by atoms with Crippen LogP contribution in [-0.4, -0.2) is 25.1 Å². The third-order valence-electron chi connectivity index (χ3n) is 2.31. The lowest BCUT2D eigenvalue weighted by Crippen LogP contribution is -2.26. The van der Waals surface area contributed by atoms with Gasteiger partial charge in [0.2, 0.25) is 0 Å². The maximum Gasteiger partial charge on any atom is 0.141 e. The number of nitrogens with zero attached hydrogens (tertiary/aromatic N) is 2. The van der Waals surface area contributed by atoms with Gasteiger partial charge in [-0.05, 0) is 20.0 Å². The van der Waals surface area contributed by atoms with Crippen molar-refractivity contribution in [1.82, 2.24) is 10.3 Å². The van der Waals surface area contributed by atoms with Crippen molar-refractivity contribution < 1.29 is 4.39 Å². The summed E-state index contributed by atoms with van der Waals surface area (Å²) in [4.78, 5) is 6.20. The van der Waals surface area contributed by atoms with Gasteiger partial charge in [0.15, 0.2) is 0 Å². The van der Waals surface area contributed by atoms with Crippen molar-refractivity contribution in [3.05, 3.63) is 36.3 Å². The van der Waals surface area contributed by atoms with E-state index in [1.165, 1.54) is 12.3 Å². The summed E-state index contributed by atoms with van der Waals surface area (Å²) in [5, 5.41) is 3.01. The third kappa shape index (κ3) is 3.03. The van der Waals surface area contributed by atoms with Crippen LogP contribution in [0.3, 0.4) is 0 Å². The first-order valence-electron chi connectivity index (χ1n) is 5.37. The predicted octanol–water partition coefficient (Wildman–Crippen LogP) is 1.95. The fourth-order valence-electron chi connectivity index (χ4n) is 1.60. The van der Waals surface area contributed by atoms with Crippen molar-refractivity contribution in [2.24, 2.45) is 0 Å². The number of hydrogen-bond acceptors (Lipinski definition) is 3. The Balaban J connectivity index is 3.03. The minimum Gasteiger partial charge on any atom is -0.353 e. The number of likely N-dealkylation sites (N-methyl/N-ethyl adjacent to an activating group) is 1. The van der Waals surface area contributed by atoms with E-state index in [-0.39, 0.29) is 5.82 Å². The maximum atomic E-state index is 13.1. The van der Waals surface area contributed by atoms with Crippen LogP contribution in [0.4, 0.5) is 10.2 Å². The first kappa shape index (κ1) is 12.6. The van der Waals surface area contributed by atoms with E-state index in [4.69, 9.17) is 0 Å². The smallest absolute Gasteiger partial charge is 0.141 e. The van der Waals surface area contributed by atoms with Gasteiger partial charge in [-0.2, -0.15) is 0 Å². The van der Waals surface area contributed by atoms with Crippen molar-refractivity contribution >= 4 is 5.82 Å². The molecule has 0 atom stereocenters. The largest absolute Gasteiger partial charge is 0.353 e. The topological polar surface area (TPSA) is 28.2 Å². The number of halogens is 1. The second kappa shape index (κ2) is 6.23. The van der Waals surface area contributed by atoms with E-state index in [0.717, 1.165) is 17.9 Å². The Morgan fingerprint density at radius 3 is 2.94 bits per heavy atom. The number of hydrogen-bond donors (Lipinski definition) is 1. The quantitative estimate of drug-likeness (QED) is 0.747. The Morgan fingerprint density at radius 2 is 2.38 bits per heavy atom. The highest BCUT2D eigenvalue weighted by atomic mass is 19.1. The fraction of sp³-hybridized carbons (Fsp3) is 0.417. The molecule has 0 spiro atoms. The van der Waals surface area contributed by atoms with Gasteiger partial charge in [0.1, 0.15) is 11.6 Å². The Morgan fingerprint density at radius 1 is 1.62 bits per heavy atom. The zero-order chi connectivity index (χ0) is 12.0. The first-order chi connectivity index (χ1) is 7.72. The summed E-state index contributed by atoms with van der Waals surface area (Å²) < 4.78 is 13.1. The van der Waals surface area contributed by atoms with Crippen molar-refractivity contribution in [3.8, 4) is 0 Å². The van der Waals surface area contributed by atoms with Gasteiger partial charge in [-0.3, -0.25) is 0 Å². The molecule has 0 unspecified atom stereocenters. The average molecular weight is 223 g/mol. The molecule has 1 rings (SSSR count). The summed E-state index contributed by atoms with van der Waals surface area (Å²) in [6, 6.07) is 1.52. The second-order valence-corrected chi connectivity index (χ2v) is 3.49. The number of anilines is 1. The molecule has 4 heteroatoms. The van der Waals surface area contributed by atoms with Crippen LogP contribution in [0.1, 0.15) is 12.5 Å². The fourth-order valence-corrected chi connectivity index (χ4v) is 1.60. The van der Waals surface area contributed by atoms with E-state index in [1.54, 1.807) is 0 Å². The average Bonchev–Trinajstić information content (AvgIpc) is 2.27. The van der Waals surface area contributed by atoms with E-state index in [2.05, 4.69) is 21.8 Å². The number of nitrogens with one attached hydrogen (secondary N) is 1. The molecule has 0 aliphatic heterocycles. The van der Waals surface area contributed by atoms with Gasteiger partial charge in [-0.25, -0.2) is 9.37 Å². The van der Waals surface area contributed by atoms with Crippen LogP contribution in [0.15, 0.2) is 24.9 Å². The zero-order valence-corrected chi connectivity index (χ0v) is 9.83. The summed E-state index contributed by atoms with van der Waals surface area (Å²) in [5.41, 5.74) is 0.867. The lowest BCUT2D eigenvalue weighted by atomic mass is 10.2. The Hall–Kier alpha value is -1.42. The molecule has 0 bridgehead atoms. The maximum absolute atomic E-state index is 13.1. The summed E-state index contributed by atoms with van der Waals surface area (Å²) >= 11 is 0. The molecule has 0 saturated heterocycles. The minimum absolute atomic E-state index is 0.302. The molecule has 0 amide bonds. The highest BCUT2D eigenvalue weighted by Gasteiger charge is 2.10. The molecule has 0 radical (unpaired) electrons. The predicted molar refractivity (Wildman–Crippen MR) is 65.0 cm³/mol. The molecular formula is C12H18FN3. The molecule has 0 aliphatic rings. The normalized spacial score (nSPS) is 10.2. The van der Waals surface area contributed by atoms with Crippen LogP contribution in [-0.2, 0) is 6.54 Å². The molecule has 88 valence electrons. The SMILES string of the molecule is C=CCN(CC)c1ncc(F)cc1CNC. The Kier molecular flexibility index (Phi) is 4.92. The zero-order valence-electron chi connectivity index (χ0n) is 9.83. The van der Waals surface area contributed by atoms with Crippen LogP contribution in [0.2, 0.25) is 0 Å². The van der Waals surface area contributed by atoms with E-state index in [1.807, 2.05) is 20.0 Å². The van der Waals surface area contributed by atoms with E-state index in [9.17, 15) is 4.39 Å². The molecule has 0 aliphatic carbocycles. The van der Waals surface area contributed by atoms with Crippen molar-refractivity contribution in [2.45, 2.75) is 13.5 Å². The highest BCUT2D eigenvalue weighted by molar-refractivity contribution is 5.47. The van der Waals surface area contributed by atoms with Gasteiger partial charge >= 0.3 is 0 Å². The van der Waals surface area contributed by atoms with Gasteiger partial charge in [-0.15, -0.1) is 6.58 Å². The Bertz CT molecular complexity index is 352. The Labute approximate surface area is 96.0 Å². The van der Waals surface area contributed by atoms with Gasteiger partial charge < -0.3 is 10.2 Å². The summed E-state index contributed by atoms with van der Waals surface area (Å²) in [6.07, 6.45) is 3.07. The van der Waals surface area contributed by atoms with Crippen LogP contribution in [0, 0.1) is 5.82 Å². The minimum atomic E-state index is -0.302. The first-order valence-corrected chi connectivity index (χ1v) is 5.37. The summed E-state index contributed by atoms with van der Waals surface area (Å²) in [5.74, 6) is 0.516. The summed E-state index contributed by atoms with van der Waals surface area (Å²) in [6.45, 7) is 7.89. The van der Waals surface area contributed by atoms with E-state index < -0.39 is 0 Å². The molecule has 1 aromatic rings. The van der Waals surface area contributed by atoms with Crippen molar-refractivity contribution in [1.29, 1.82) is 0 Å². The highest BCUT2D eigenvalue weighted by Crippen LogP contribution is 2.18. The molecule has 1 N–H and O–H groups in total. The van der Waals surface area contributed by atoms with Crippen molar-refractivity contribution in [3.63, 3.8) is 0 Å². The van der Waals surface area contributed by atoms with E-state index in [0.29, 0.717) is 13.1 Å². The third-order valence-corrected chi connectivity index (χ3v) is 2.31. The van der Waals surface area contributed by atoms with Crippen LogP contribution in [0.25, 0.3) is 0 Å². The molecule has 0 saturated carbocycles. The molecule has 1 aromatic heterocycles.